The van der Waals surface area contributed by atoms with Gasteiger partial charge in [0.15, 0.2) is 4.90 Å². The van der Waals surface area contributed by atoms with Crippen molar-refractivity contribution in [1.82, 2.24) is 4.72 Å². The van der Waals surface area contributed by atoms with Crippen molar-refractivity contribution >= 4 is 21.4 Å². The molecular formula is C12H19N3O4S. The van der Waals surface area contributed by atoms with E-state index in [9.17, 15) is 18.5 Å². The van der Waals surface area contributed by atoms with E-state index in [0.29, 0.717) is 12.8 Å². The van der Waals surface area contributed by atoms with Crippen LogP contribution in [0.2, 0.25) is 0 Å². The third-order valence-electron chi connectivity index (χ3n) is 3.41. The van der Waals surface area contributed by atoms with E-state index in [2.05, 4.69) is 4.72 Å². The van der Waals surface area contributed by atoms with E-state index in [1.807, 2.05) is 13.8 Å². The van der Waals surface area contributed by atoms with Gasteiger partial charge in [-0.1, -0.05) is 13.8 Å². The first-order chi connectivity index (χ1) is 9.15. The second-order valence-corrected chi connectivity index (χ2v) is 6.51. The van der Waals surface area contributed by atoms with Crippen LogP contribution in [0.4, 0.5) is 11.4 Å². The van der Waals surface area contributed by atoms with Crippen molar-refractivity contribution < 1.29 is 13.3 Å². The first-order valence-corrected chi connectivity index (χ1v) is 7.71. The molecule has 0 bridgehead atoms. The number of nitrogens with zero attached hydrogens (tertiary/aromatic N) is 1. The van der Waals surface area contributed by atoms with Gasteiger partial charge in [0.1, 0.15) is 0 Å². The topological polar surface area (TPSA) is 115 Å². The average molecular weight is 301 g/mol. The normalized spacial score (nSPS) is 12.3. The summed E-state index contributed by atoms with van der Waals surface area (Å²) in [4.78, 5) is 9.86. The minimum atomic E-state index is -3.98. The first kappa shape index (κ1) is 16.4. The van der Waals surface area contributed by atoms with E-state index in [4.69, 9.17) is 5.73 Å². The number of nitro benzene ring substituents is 1. The molecule has 3 N–H and O–H groups in total. The highest BCUT2D eigenvalue weighted by molar-refractivity contribution is 7.89. The van der Waals surface area contributed by atoms with Crippen LogP contribution >= 0.6 is 0 Å². The van der Waals surface area contributed by atoms with Crippen molar-refractivity contribution in [2.45, 2.75) is 44.0 Å². The van der Waals surface area contributed by atoms with Crippen molar-refractivity contribution in [3.05, 3.63) is 28.3 Å². The summed E-state index contributed by atoms with van der Waals surface area (Å²) < 4.78 is 27.2. The van der Waals surface area contributed by atoms with Crippen molar-refractivity contribution in [3.8, 4) is 0 Å². The molecule has 0 saturated heterocycles. The maximum Gasteiger partial charge on any atom is 0.291 e. The number of nitrogens with one attached hydrogen (secondary N) is 1. The molecule has 0 spiro atoms. The van der Waals surface area contributed by atoms with E-state index in [0.717, 1.165) is 12.1 Å². The van der Waals surface area contributed by atoms with Crippen molar-refractivity contribution in [2.24, 2.45) is 0 Å². The Kier molecular flexibility index (Phi) is 4.72. The van der Waals surface area contributed by atoms with Gasteiger partial charge in [-0.05, 0) is 31.9 Å². The Hall–Kier alpha value is -1.67. The van der Waals surface area contributed by atoms with E-state index in [-0.39, 0.29) is 10.6 Å². The van der Waals surface area contributed by atoms with Gasteiger partial charge in [0.2, 0.25) is 10.0 Å². The Morgan fingerprint density at radius 1 is 1.35 bits per heavy atom. The summed E-state index contributed by atoms with van der Waals surface area (Å²) >= 11 is 0. The predicted molar refractivity (Wildman–Crippen MR) is 76.8 cm³/mol. The highest BCUT2D eigenvalue weighted by atomic mass is 32.2. The fourth-order valence-electron chi connectivity index (χ4n) is 1.68. The van der Waals surface area contributed by atoms with Gasteiger partial charge >= 0.3 is 0 Å². The van der Waals surface area contributed by atoms with Crippen LogP contribution in [0.5, 0.6) is 0 Å². The number of nitro groups is 1. The molecule has 0 aromatic heterocycles. The highest BCUT2D eigenvalue weighted by Gasteiger charge is 2.32. The number of nitrogen functional groups attached to an aromatic ring is 1. The van der Waals surface area contributed by atoms with Crippen LogP contribution in [0.15, 0.2) is 23.1 Å². The predicted octanol–water partition coefficient (Wildman–Crippen LogP) is 2.03. The van der Waals surface area contributed by atoms with Crippen LogP contribution in [-0.4, -0.2) is 18.9 Å². The average Bonchev–Trinajstić information content (AvgIpc) is 2.37. The second kappa shape index (κ2) is 5.76. The molecule has 0 heterocycles. The lowest BCUT2D eigenvalue weighted by Crippen LogP contribution is -2.44. The molecule has 112 valence electrons. The summed E-state index contributed by atoms with van der Waals surface area (Å²) in [6.07, 6.45) is 1.15. The summed E-state index contributed by atoms with van der Waals surface area (Å²) in [7, 11) is -3.98. The smallest absolute Gasteiger partial charge is 0.291 e. The van der Waals surface area contributed by atoms with E-state index >= 15 is 0 Å². The largest absolute Gasteiger partial charge is 0.399 e. The molecular weight excluding hydrogens is 282 g/mol. The van der Waals surface area contributed by atoms with Crippen LogP contribution in [-0.2, 0) is 10.0 Å². The van der Waals surface area contributed by atoms with Crippen LogP contribution in [0.3, 0.4) is 0 Å². The highest BCUT2D eigenvalue weighted by Crippen LogP contribution is 2.28. The summed E-state index contributed by atoms with van der Waals surface area (Å²) in [5.41, 5.74) is 4.45. The van der Waals surface area contributed by atoms with Gasteiger partial charge in [0.05, 0.1) is 4.92 Å². The van der Waals surface area contributed by atoms with Gasteiger partial charge in [-0.25, -0.2) is 13.1 Å². The van der Waals surface area contributed by atoms with Crippen molar-refractivity contribution in [1.29, 1.82) is 0 Å². The lowest BCUT2D eigenvalue weighted by atomic mass is 9.98. The molecule has 0 aliphatic heterocycles. The van der Waals surface area contributed by atoms with Crippen molar-refractivity contribution in [3.63, 3.8) is 0 Å². The maximum atomic E-state index is 12.3. The van der Waals surface area contributed by atoms with E-state index < -0.39 is 26.2 Å². The van der Waals surface area contributed by atoms with Gasteiger partial charge in [-0.15, -0.1) is 0 Å². The zero-order valence-electron chi connectivity index (χ0n) is 11.7. The molecule has 0 amide bonds. The summed E-state index contributed by atoms with van der Waals surface area (Å²) in [6, 6.07) is 3.53. The van der Waals surface area contributed by atoms with Crippen LogP contribution < -0.4 is 10.5 Å². The fourth-order valence-corrected chi connectivity index (χ4v) is 3.38. The number of hydrogen-bond donors (Lipinski definition) is 2. The molecule has 1 aromatic rings. The van der Waals surface area contributed by atoms with Gasteiger partial charge in [-0.2, -0.15) is 0 Å². The Morgan fingerprint density at radius 2 is 1.90 bits per heavy atom. The molecule has 1 rings (SSSR count). The van der Waals surface area contributed by atoms with Crippen molar-refractivity contribution in [2.75, 3.05) is 5.73 Å². The molecule has 0 aliphatic rings. The van der Waals surface area contributed by atoms with Crippen LogP contribution in [0.1, 0.15) is 33.6 Å². The number of hydrogen-bond acceptors (Lipinski definition) is 5. The zero-order chi connectivity index (χ0) is 15.6. The third-order valence-corrected chi connectivity index (χ3v) is 5.10. The first-order valence-electron chi connectivity index (χ1n) is 6.23. The number of sulfonamides is 1. The molecule has 7 nitrogen and oxygen atoms in total. The molecule has 0 atom stereocenters. The Balaban J connectivity index is 3.33. The maximum absolute atomic E-state index is 12.3. The van der Waals surface area contributed by atoms with E-state index in [1.165, 1.54) is 6.07 Å². The van der Waals surface area contributed by atoms with E-state index in [1.54, 1.807) is 6.92 Å². The molecule has 0 aliphatic carbocycles. The standard InChI is InChI=1S/C12H19N3O4S/c1-4-12(3,5-2)14-20(18,19)11-7-6-9(13)8-10(11)15(16)17/h6-8,14H,4-5,13H2,1-3H3. The number of nitrogens with two attached hydrogens (primary N) is 1. The minimum absolute atomic E-state index is 0.143. The lowest BCUT2D eigenvalue weighted by molar-refractivity contribution is -0.387. The number of anilines is 1. The SMILES string of the molecule is CCC(C)(CC)NS(=O)(=O)c1ccc(N)cc1[N+](=O)[O-]. The lowest BCUT2D eigenvalue weighted by Gasteiger charge is -2.27. The Bertz CT molecular complexity index is 609. The fraction of sp³-hybridized carbons (Fsp3) is 0.500. The summed E-state index contributed by atoms with van der Waals surface area (Å²) in [6.45, 7) is 5.46. The molecule has 20 heavy (non-hydrogen) atoms. The van der Waals surface area contributed by atoms with Gasteiger partial charge in [-0.3, -0.25) is 10.1 Å². The van der Waals surface area contributed by atoms with Gasteiger partial charge in [0.25, 0.3) is 5.69 Å². The molecule has 1 aromatic carbocycles. The molecule has 8 heteroatoms. The van der Waals surface area contributed by atoms with Gasteiger partial charge < -0.3 is 5.73 Å². The third kappa shape index (κ3) is 3.45. The molecule has 0 fully saturated rings. The zero-order valence-corrected chi connectivity index (χ0v) is 12.5. The minimum Gasteiger partial charge on any atom is -0.399 e. The van der Waals surface area contributed by atoms with Crippen LogP contribution in [0.25, 0.3) is 0 Å². The van der Waals surface area contributed by atoms with Gasteiger partial charge in [0, 0.05) is 17.3 Å². The second-order valence-electron chi connectivity index (χ2n) is 4.86. The van der Waals surface area contributed by atoms with Crippen LogP contribution in [0, 0.1) is 10.1 Å². The summed E-state index contributed by atoms with van der Waals surface area (Å²) in [5, 5.41) is 11.0. The summed E-state index contributed by atoms with van der Waals surface area (Å²) in [5.74, 6) is 0. The Labute approximate surface area is 118 Å². The Morgan fingerprint density at radius 3 is 2.35 bits per heavy atom. The number of benzene rings is 1. The quantitative estimate of drug-likeness (QED) is 0.474. The molecule has 0 saturated carbocycles. The monoisotopic (exact) mass is 301 g/mol. The number of rotatable bonds is 6. The molecule has 0 radical (unpaired) electrons. The molecule has 0 unspecified atom stereocenters.